The van der Waals surface area contributed by atoms with E-state index in [2.05, 4.69) is 63.1 Å². The molecule has 0 saturated carbocycles. The number of rotatable bonds is 8. The van der Waals surface area contributed by atoms with Crippen LogP contribution in [0.4, 0.5) is 5.88 Å². The van der Waals surface area contributed by atoms with Gasteiger partial charge in [-0.25, -0.2) is 4.98 Å². The minimum absolute atomic E-state index is 0.178. The van der Waals surface area contributed by atoms with Crippen LogP contribution in [0.5, 0.6) is 0 Å². The molecule has 1 aliphatic heterocycles. The summed E-state index contributed by atoms with van der Waals surface area (Å²) in [7, 11) is 0. The van der Waals surface area contributed by atoms with Gasteiger partial charge in [-0.1, -0.05) is 70.5 Å². The van der Waals surface area contributed by atoms with Crippen LogP contribution < -0.4 is 10.2 Å². The van der Waals surface area contributed by atoms with Gasteiger partial charge < -0.3 is 14.1 Å². The van der Waals surface area contributed by atoms with Gasteiger partial charge in [0.05, 0.1) is 13.2 Å². The number of anilines is 1. The zero-order valence-corrected chi connectivity index (χ0v) is 18.5. The smallest absolute Gasteiger partial charge is 0.220 e. The highest BCUT2D eigenvalue weighted by atomic mass is 79.9. The SMILES string of the molecule is C=CCNC(c1nc(Cc2ccccc2)c(N2CCOCC2)o1)c1ccccc1Br. The molecule has 1 fully saturated rings. The molecule has 6 heteroatoms. The molecule has 0 amide bonds. The molecule has 1 saturated heterocycles. The predicted octanol–water partition coefficient (Wildman–Crippen LogP) is 4.73. The first-order valence-electron chi connectivity index (χ1n) is 10.2. The Morgan fingerprint density at radius 1 is 1.10 bits per heavy atom. The Labute approximate surface area is 185 Å². The first-order chi connectivity index (χ1) is 14.8. The van der Waals surface area contributed by atoms with Crippen LogP contribution in [0.25, 0.3) is 0 Å². The van der Waals surface area contributed by atoms with Gasteiger partial charge in [0, 0.05) is 30.5 Å². The van der Waals surface area contributed by atoms with E-state index in [0.29, 0.717) is 25.6 Å². The van der Waals surface area contributed by atoms with Crippen LogP contribution in [0, 0.1) is 0 Å². The Morgan fingerprint density at radius 3 is 2.57 bits per heavy atom. The normalized spacial score (nSPS) is 15.2. The Bertz CT molecular complexity index is 968. The summed E-state index contributed by atoms with van der Waals surface area (Å²) < 4.78 is 13.0. The second-order valence-corrected chi connectivity index (χ2v) is 8.07. The number of nitrogens with one attached hydrogen (secondary N) is 1. The topological polar surface area (TPSA) is 50.5 Å². The van der Waals surface area contributed by atoms with Crippen molar-refractivity contribution in [2.75, 3.05) is 37.7 Å². The number of halogens is 1. The van der Waals surface area contributed by atoms with E-state index in [0.717, 1.165) is 41.1 Å². The second-order valence-electron chi connectivity index (χ2n) is 7.22. The Hall–Kier alpha value is -2.41. The molecule has 156 valence electrons. The quantitative estimate of drug-likeness (QED) is 0.485. The van der Waals surface area contributed by atoms with Crippen LogP contribution in [0.3, 0.4) is 0 Å². The third-order valence-corrected chi connectivity index (χ3v) is 5.86. The molecule has 0 spiro atoms. The largest absolute Gasteiger partial charge is 0.423 e. The van der Waals surface area contributed by atoms with Crippen molar-refractivity contribution in [2.24, 2.45) is 0 Å². The van der Waals surface area contributed by atoms with E-state index < -0.39 is 0 Å². The lowest BCUT2D eigenvalue weighted by Crippen LogP contribution is -2.36. The van der Waals surface area contributed by atoms with Crippen LogP contribution in [-0.4, -0.2) is 37.8 Å². The summed E-state index contributed by atoms with van der Waals surface area (Å²) in [6.07, 6.45) is 2.57. The molecular formula is C24H26BrN3O2. The van der Waals surface area contributed by atoms with Gasteiger partial charge in [-0.3, -0.25) is 5.32 Å². The minimum Gasteiger partial charge on any atom is -0.423 e. The van der Waals surface area contributed by atoms with Gasteiger partial charge in [0.1, 0.15) is 11.7 Å². The number of hydrogen-bond donors (Lipinski definition) is 1. The molecule has 30 heavy (non-hydrogen) atoms. The summed E-state index contributed by atoms with van der Waals surface area (Å²) in [6.45, 7) is 7.49. The van der Waals surface area contributed by atoms with E-state index in [4.69, 9.17) is 14.1 Å². The third kappa shape index (κ3) is 4.83. The second kappa shape index (κ2) is 10.1. The van der Waals surface area contributed by atoms with Crippen LogP contribution in [0.1, 0.15) is 28.8 Å². The van der Waals surface area contributed by atoms with E-state index in [1.165, 1.54) is 5.56 Å². The molecule has 1 unspecified atom stereocenters. The number of oxazole rings is 1. The molecule has 0 radical (unpaired) electrons. The van der Waals surface area contributed by atoms with Crippen LogP contribution in [0.15, 0.2) is 76.1 Å². The maximum atomic E-state index is 6.44. The van der Waals surface area contributed by atoms with Crippen molar-refractivity contribution < 1.29 is 9.15 Å². The number of nitrogens with zero attached hydrogens (tertiary/aromatic N) is 2. The van der Waals surface area contributed by atoms with Gasteiger partial charge in [-0.2, -0.15) is 0 Å². The molecule has 3 aromatic rings. The molecular weight excluding hydrogens is 442 g/mol. The maximum absolute atomic E-state index is 6.44. The lowest BCUT2D eigenvalue weighted by Gasteiger charge is -2.27. The standard InChI is InChI=1S/C24H26BrN3O2/c1-2-12-26-22(19-10-6-7-11-20(19)25)23-27-21(17-18-8-4-3-5-9-18)24(30-23)28-13-15-29-16-14-28/h2-11,22,26H,1,12-17H2. The van der Waals surface area contributed by atoms with E-state index in [9.17, 15) is 0 Å². The monoisotopic (exact) mass is 467 g/mol. The van der Waals surface area contributed by atoms with Crippen LogP contribution in [-0.2, 0) is 11.2 Å². The van der Waals surface area contributed by atoms with Gasteiger partial charge in [-0.15, -0.1) is 6.58 Å². The van der Waals surface area contributed by atoms with Crippen molar-refractivity contribution in [3.63, 3.8) is 0 Å². The predicted molar refractivity (Wildman–Crippen MR) is 123 cm³/mol. The molecule has 1 aliphatic rings. The van der Waals surface area contributed by atoms with Crippen molar-refractivity contribution in [3.05, 3.63) is 94.4 Å². The number of ether oxygens (including phenoxy) is 1. The van der Waals surface area contributed by atoms with Gasteiger partial charge in [0.2, 0.25) is 11.8 Å². The zero-order chi connectivity index (χ0) is 20.8. The van der Waals surface area contributed by atoms with Crippen molar-refractivity contribution in [2.45, 2.75) is 12.5 Å². The average molecular weight is 468 g/mol. The summed E-state index contributed by atoms with van der Waals surface area (Å²) in [5, 5.41) is 3.50. The first kappa shape index (κ1) is 20.8. The van der Waals surface area contributed by atoms with Crippen molar-refractivity contribution >= 4 is 21.8 Å². The zero-order valence-electron chi connectivity index (χ0n) is 16.9. The summed E-state index contributed by atoms with van der Waals surface area (Å²) in [5.74, 6) is 1.51. The van der Waals surface area contributed by atoms with Gasteiger partial charge in [0.25, 0.3) is 0 Å². The van der Waals surface area contributed by atoms with E-state index in [-0.39, 0.29) is 6.04 Å². The highest BCUT2D eigenvalue weighted by Gasteiger charge is 2.27. The number of aromatic nitrogens is 1. The van der Waals surface area contributed by atoms with Gasteiger partial charge in [0.15, 0.2) is 0 Å². The summed E-state index contributed by atoms with van der Waals surface area (Å²) >= 11 is 3.68. The summed E-state index contributed by atoms with van der Waals surface area (Å²) in [4.78, 5) is 7.22. The lowest BCUT2D eigenvalue weighted by molar-refractivity contribution is 0.120. The minimum atomic E-state index is -0.178. The Kier molecular flexibility index (Phi) is 7.00. The maximum Gasteiger partial charge on any atom is 0.220 e. The van der Waals surface area contributed by atoms with Gasteiger partial charge >= 0.3 is 0 Å². The first-order valence-corrected chi connectivity index (χ1v) is 11.0. The highest BCUT2D eigenvalue weighted by Crippen LogP contribution is 2.33. The van der Waals surface area contributed by atoms with Crippen LogP contribution in [0.2, 0.25) is 0 Å². The summed E-state index contributed by atoms with van der Waals surface area (Å²) in [6, 6.07) is 18.4. The van der Waals surface area contributed by atoms with Crippen molar-refractivity contribution in [3.8, 4) is 0 Å². The molecule has 1 N–H and O–H groups in total. The molecule has 2 heterocycles. The molecule has 5 nitrogen and oxygen atoms in total. The van der Waals surface area contributed by atoms with Gasteiger partial charge in [-0.05, 0) is 17.2 Å². The fourth-order valence-electron chi connectivity index (χ4n) is 3.64. The fourth-order valence-corrected chi connectivity index (χ4v) is 4.16. The van der Waals surface area contributed by atoms with Crippen molar-refractivity contribution in [1.29, 1.82) is 0 Å². The Balaban J connectivity index is 1.73. The average Bonchev–Trinajstić information content (AvgIpc) is 3.20. The Morgan fingerprint density at radius 2 is 1.83 bits per heavy atom. The lowest BCUT2D eigenvalue weighted by atomic mass is 10.1. The molecule has 0 aliphatic carbocycles. The van der Waals surface area contributed by atoms with E-state index in [1.54, 1.807) is 0 Å². The fraction of sp³-hybridized carbons (Fsp3) is 0.292. The molecule has 0 bridgehead atoms. The summed E-state index contributed by atoms with van der Waals surface area (Å²) in [5.41, 5.74) is 3.25. The van der Waals surface area contributed by atoms with Crippen LogP contribution >= 0.6 is 15.9 Å². The number of morpholine rings is 1. The number of benzene rings is 2. The molecule has 2 aromatic carbocycles. The highest BCUT2D eigenvalue weighted by molar-refractivity contribution is 9.10. The molecule has 4 rings (SSSR count). The third-order valence-electron chi connectivity index (χ3n) is 5.14. The number of hydrogen-bond acceptors (Lipinski definition) is 5. The molecule has 1 atom stereocenters. The van der Waals surface area contributed by atoms with E-state index in [1.807, 2.05) is 30.3 Å². The van der Waals surface area contributed by atoms with E-state index >= 15 is 0 Å². The van der Waals surface area contributed by atoms with Crippen molar-refractivity contribution in [1.82, 2.24) is 10.3 Å². The molecule has 1 aromatic heterocycles.